The lowest BCUT2D eigenvalue weighted by atomic mass is 9.99. The van der Waals surface area contributed by atoms with Gasteiger partial charge >= 0.3 is 0 Å². The Morgan fingerprint density at radius 3 is 2.74 bits per heavy atom. The number of benzene rings is 1. The molecule has 1 aromatic carbocycles. The number of alkyl halides is 2. The molecule has 1 amide bonds. The van der Waals surface area contributed by atoms with Crippen LogP contribution in [0.5, 0.6) is 17.4 Å². The summed E-state index contributed by atoms with van der Waals surface area (Å²) in [7, 11) is 1.32. The van der Waals surface area contributed by atoms with Gasteiger partial charge in [-0.15, -0.1) is 0 Å². The number of methoxy groups -OCH3 is 1. The van der Waals surface area contributed by atoms with E-state index in [4.69, 9.17) is 18.9 Å². The molecule has 0 radical (unpaired) electrons. The lowest BCUT2D eigenvalue weighted by Gasteiger charge is -2.32. The van der Waals surface area contributed by atoms with Crippen LogP contribution in [-0.2, 0) is 9.53 Å². The minimum Gasteiger partial charge on any atom is -0.490 e. The Balaban J connectivity index is 1.31. The standard InChI is InChI=1S/C25H29F2N3O5/c1-32-24-20(23(26)27)12-17(14-28-24)30-8-11-34-22-3-2-18(13-21(22)30)35-19-4-7-29(15-19)25(31)16-5-9-33-10-6-16/h2-3,12-14,16,19,23H,4-11,15H2,1H3/t19-/m0/s1. The predicted octanol–water partition coefficient (Wildman–Crippen LogP) is 3.96. The number of anilines is 2. The number of carbonyl (C=O) groups excluding carboxylic acids is 1. The van der Waals surface area contributed by atoms with Crippen molar-refractivity contribution in [3.05, 3.63) is 36.0 Å². The smallest absolute Gasteiger partial charge is 0.269 e. The van der Waals surface area contributed by atoms with E-state index in [1.807, 2.05) is 28.0 Å². The number of pyridine rings is 1. The number of fused-ring (bicyclic) bond motifs is 1. The third-order valence-electron chi connectivity index (χ3n) is 6.73. The fraction of sp³-hybridized carbons (Fsp3) is 0.520. The van der Waals surface area contributed by atoms with E-state index < -0.39 is 6.43 Å². The van der Waals surface area contributed by atoms with Crippen LogP contribution in [0.4, 0.5) is 20.2 Å². The van der Waals surface area contributed by atoms with Crippen LogP contribution in [0.15, 0.2) is 30.5 Å². The van der Waals surface area contributed by atoms with E-state index in [0.717, 1.165) is 19.3 Å². The van der Waals surface area contributed by atoms with Gasteiger partial charge in [-0.2, -0.15) is 0 Å². The maximum absolute atomic E-state index is 13.5. The molecule has 0 unspecified atom stereocenters. The first-order valence-electron chi connectivity index (χ1n) is 11.9. The highest BCUT2D eigenvalue weighted by atomic mass is 19.3. The molecule has 1 aromatic heterocycles. The monoisotopic (exact) mass is 489 g/mol. The number of aromatic nitrogens is 1. The topological polar surface area (TPSA) is 73.4 Å². The lowest BCUT2D eigenvalue weighted by Crippen LogP contribution is -2.38. The van der Waals surface area contributed by atoms with E-state index >= 15 is 0 Å². The molecule has 0 bridgehead atoms. The van der Waals surface area contributed by atoms with E-state index in [1.54, 1.807) is 0 Å². The average molecular weight is 490 g/mol. The molecule has 3 aliphatic heterocycles. The van der Waals surface area contributed by atoms with E-state index in [0.29, 0.717) is 62.3 Å². The summed E-state index contributed by atoms with van der Waals surface area (Å²) >= 11 is 0. The zero-order valence-electron chi connectivity index (χ0n) is 19.6. The molecular weight excluding hydrogens is 460 g/mol. The number of amides is 1. The van der Waals surface area contributed by atoms with Gasteiger partial charge in [0.2, 0.25) is 11.8 Å². The number of likely N-dealkylation sites (tertiary alicyclic amines) is 1. The Morgan fingerprint density at radius 2 is 1.97 bits per heavy atom. The van der Waals surface area contributed by atoms with E-state index in [2.05, 4.69) is 4.98 Å². The molecule has 188 valence electrons. The molecule has 10 heteroatoms. The minimum atomic E-state index is -2.71. The SMILES string of the molecule is COc1ncc(N2CCOc3ccc(O[C@H]4CCN(C(=O)C5CCOCC5)C4)cc32)cc1C(F)F. The highest BCUT2D eigenvalue weighted by Crippen LogP contribution is 2.41. The molecule has 4 heterocycles. The van der Waals surface area contributed by atoms with Gasteiger partial charge in [0, 0.05) is 38.2 Å². The van der Waals surface area contributed by atoms with Gasteiger partial charge in [-0.05, 0) is 31.0 Å². The van der Waals surface area contributed by atoms with Crippen molar-refractivity contribution in [3.8, 4) is 17.4 Å². The zero-order chi connectivity index (χ0) is 24.4. The van der Waals surface area contributed by atoms with Crippen molar-refractivity contribution in [3.63, 3.8) is 0 Å². The normalized spacial score (nSPS) is 20.5. The third-order valence-corrected chi connectivity index (χ3v) is 6.73. The molecule has 35 heavy (non-hydrogen) atoms. The Hall–Kier alpha value is -3.14. The molecule has 2 saturated heterocycles. The zero-order valence-corrected chi connectivity index (χ0v) is 19.6. The maximum atomic E-state index is 13.5. The molecule has 3 aliphatic rings. The molecule has 2 aromatic rings. The molecule has 0 saturated carbocycles. The summed E-state index contributed by atoms with van der Waals surface area (Å²) < 4.78 is 49.5. The van der Waals surface area contributed by atoms with Gasteiger partial charge in [0.15, 0.2) is 0 Å². The molecule has 8 nitrogen and oxygen atoms in total. The summed E-state index contributed by atoms with van der Waals surface area (Å²) in [5.74, 6) is 1.41. The summed E-state index contributed by atoms with van der Waals surface area (Å²) in [6.45, 7) is 3.39. The molecule has 0 spiro atoms. The molecule has 0 aliphatic carbocycles. The quantitative estimate of drug-likeness (QED) is 0.608. The fourth-order valence-corrected chi connectivity index (χ4v) is 4.89. The minimum absolute atomic E-state index is 0.0354. The van der Waals surface area contributed by atoms with Gasteiger partial charge < -0.3 is 28.7 Å². The van der Waals surface area contributed by atoms with Crippen molar-refractivity contribution in [2.75, 3.05) is 51.5 Å². The van der Waals surface area contributed by atoms with Crippen LogP contribution in [0.25, 0.3) is 0 Å². The maximum Gasteiger partial charge on any atom is 0.269 e. The highest BCUT2D eigenvalue weighted by Gasteiger charge is 2.33. The van der Waals surface area contributed by atoms with Crippen LogP contribution in [0.2, 0.25) is 0 Å². The molecule has 0 N–H and O–H groups in total. The Morgan fingerprint density at radius 1 is 1.14 bits per heavy atom. The average Bonchev–Trinajstić information content (AvgIpc) is 3.36. The van der Waals surface area contributed by atoms with E-state index in [9.17, 15) is 13.6 Å². The Labute approximate surface area is 202 Å². The molecule has 2 fully saturated rings. The summed E-state index contributed by atoms with van der Waals surface area (Å²) in [5, 5.41) is 0. The third kappa shape index (κ3) is 4.98. The number of nitrogens with zero attached hydrogens (tertiary/aromatic N) is 3. The number of halogens is 2. The molecule has 5 rings (SSSR count). The van der Waals surface area contributed by atoms with Crippen molar-refractivity contribution < 1.29 is 32.5 Å². The van der Waals surface area contributed by atoms with Crippen LogP contribution in [-0.4, -0.2) is 68.5 Å². The van der Waals surface area contributed by atoms with Crippen molar-refractivity contribution in [1.82, 2.24) is 9.88 Å². The van der Waals surface area contributed by atoms with Gasteiger partial charge in [0.25, 0.3) is 6.43 Å². The van der Waals surface area contributed by atoms with Gasteiger partial charge in [0.1, 0.15) is 24.2 Å². The van der Waals surface area contributed by atoms with Gasteiger partial charge in [-0.25, -0.2) is 13.8 Å². The second-order valence-corrected chi connectivity index (χ2v) is 8.92. The van der Waals surface area contributed by atoms with E-state index in [1.165, 1.54) is 19.4 Å². The number of hydrogen-bond acceptors (Lipinski definition) is 7. The van der Waals surface area contributed by atoms with E-state index in [-0.39, 0.29) is 29.4 Å². The second kappa shape index (κ2) is 10.2. The first-order valence-corrected chi connectivity index (χ1v) is 11.9. The Bertz CT molecular complexity index is 1060. The number of hydrogen-bond donors (Lipinski definition) is 0. The number of ether oxygens (including phenoxy) is 4. The largest absolute Gasteiger partial charge is 0.490 e. The highest BCUT2D eigenvalue weighted by molar-refractivity contribution is 5.79. The first kappa shape index (κ1) is 23.6. The summed E-state index contributed by atoms with van der Waals surface area (Å²) in [6, 6.07) is 6.91. The fourth-order valence-electron chi connectivity index (χ4n) is 4.89. The molecule has 1 atom stereocenters. The van der Waals surface area contributed by atoms with Crippen molar-refractivity contribution in [2.45, 2.75) is 31.8 Å². The van der Waals surface area contributed by atoms with Crippen LogP contribution < -0.4 is 19.1 Å². The lowest BCUT2D eigenvalue weighted by molar-refractivity contribution is -0.137. The Kier molecular flexibility index (Phi) is 6.90. The second-order valence-electron chi connectivity index (χ2n) is 8.92. The summed E-state index contributed by atoms with van der Waals surface area (Å²) in [4.78, 5) is 20.7. The van der Waals surface area contributed by atoms with Gasteiger partial charge in [0.05, 0.1) is 43.3 Å². The van der Waals surface area contributed by atoms with Crippen molar-refractivity contribution in [2.24, 2.45) is 5.92 Å². The van der Waals surface area contributed by atoms with Crippen molar-refractivity contribution in [1.29, 1.82) is 0 Å². The van der Waals surface area contributed by atoms with Gasteiger partial charge in [-0.1, -0.05) is 0 Å². The van der Waals surface area contributed by atoms with Crippen LogP contribution in [0, 0.1) is 5.92 Å². The first-order chi connectivity index (χ1) is 17.0. The van der Waals surface area contributed by atoms with Crippen molar-refractivity contribution >= 4 is 17.3 Å². The van der Waals surface area contributed by atoms with Crippen LogP contribution >= 0.6 is 0 Å². The van der Waals surface area contributed by atoms with Crippen LogP contribution in [0.3, 0.4) is 0 Å². The predicted molar refractivity (Wildman–Crippen MR) is 124 cm³/mol. The summed E-state index contributed by atoms with van der Waals surface area (Å²) in [5.41, 5.74) is 0.983. The number of rotatable bonds is 6. The van der Waals surface area contributed by atoms with Crippen LogP contribution in [0.1, 0.15) is 31.3 Å². The number of carbonyl (C=O) groups is 1. The van der Waals surface area contributed by atoms with Gasteiger partial charge in [-0.3, -0.25) is 4.79 Å². The summed E-state index contributed by atoms with van der Waals surface area (Å²) in [6.07, 6.45) is 1.00. The molecular formula is C25H29F2N3O5.